The number of thiocarbonyl (C=S) groups is 1. The minimum Gasteiger partial charge on any atom is -0.379 e. The maximum Gasteiger partial charge on any atom is 0.173 e. The molecule has 2 aromatic carbocycles. The zero-order valence-corrected chi connectivity index (χ0v) is 19.5. The molecule has 0 bridgehead atoms. The minimum absolute atomic E-state index is 0.214. The quantitative estimate of drug-likeness (QED) is 0.558. The summed E-state index contributed by atoms with van der Waals surface area (Å²) in [5.74, 6) is -0.214. The van der Waals surface area contributed by atoms with E-state index in [-0.39, 0.29) is 5.82 Å². The van der Waals surface area contributed by atoms with Crippen LogP contribution in [0.15, 0.2) is 42.5 Å². The van der Waals surface area contributed by atoms with Gasteiger partial charge in [-0.1, -0.05) is 44.2 Å². The number of nitrogens with one attached hydrogen (secondary N) is 1. The van der Waals surface area contributed by atoms with Crippen molar-refractivity contribution in [1.82, 2.24) is 9.80 Å². The summed E-state index contributed by atoms with van der Waals surface area (Å²) in [7, 11) is 0. The first-order chi connectivity index (χ1) is 15.1. The Morgan fingerprint density at radius 1 is 1.10 bits per heavy atom. The first kappa shape index (κ1) is 23.6. The average Bonchev–Trinajstić information content (AvgIpc) is 2.79. The summed E-state index contributed by atoms with van der Waals surface area (Å²) in [5, 5.41) is 4.23. The van der Waals surface area contributed by atoms with Gasteiger partial charge in [0, 0.05) is 38.4 Å². The molecule has 168 valence electrons. The van der Waals surface area contributed by atoms with Crippen molar-refractivity contribution < 1.29 is 9.13 Å². The van der Waals surface area contributed by atoms with Crippen LogP contribution in [-0.4, -0.2) is 54.3 Å². The van der Waals surface area contributed by atoms with Crippen molar-refractivity contribution in [3.05, 3.63) is 65.0 Å². The van der Waals surface area contributed by atoms with Gasteiger partial charge >= 0.3 is 0 Å². The van der Waals surface area contributed by atoms with E-state index in [0.29, 0.717) is 11.7 Å². The highest BCUT2D eigenvalue weighted by Crippen LogP contribution is 2.23. The molecule has 1 N–H and O–H groups in total. The zero-order chi connectivity index (χ0) is 22.1. The van der Waals surface area contributed by atoms with Crippen molar-refractivity contribution in [2.24, 2.45) is 0 Å². The van der Waals surface area contributed by atoms with Crippen LogP contribution in [0.5, 0.6) is 0 Å². The molecule has 0 amide bonds. The Kier molecular flexibility index (Phi) is 9.25. The molecule has 1 fully saturated rings. The molecular weight excluding hydrogens is 409 g/mol. The van der Waals surface area contributed by atoms with Crippen LogP contribution in [0.4, 0.5) is 10.1 Å². The molecule has 1 saturated heterocycles. The van der Waals surface area contributed by atoms with Crippen LogP contribution in [0.3, 0.4) is 0 Å². The Morgan fingerprint density at radius 2 is 1.77 bits per heavy atom. The van der Waals surface area contributed by atoms with E-state index in [1.807, 2.05) is 6.07 Å². The first-order valence-corrected chi connectivity index (χ1v) is 11.7. The van der Waals surface area contributed by atoms with Gasteiger partial charge in [0.05, 0.1) is 13.2 Å². The monoisotopic (exact) mass is 443 g/mol. The summed E-state index contributed by atoms with van der Waals surface area (Å²) < 4.78 is 19.2. The molecule has 2 aromatic rings. The van der Waals surface area contributed by atoms with Crippen molar-refractivity contribution in [3.63, 3.8) is 0 Å². The van der Waals surface area contributed by atoms with Gasteiger partial charge in [0.2, 0.25) is 0 Å². The van der Waals surface area contributed by atoms with Gasteiger partial charge in [0.1, 0.15) is 5.82 Å². The normalized spacial score (nSPS) is 14.4. The van der Waals surface area contributed by atoms with E-state index in [9.17, 15) is 4.39 Å². The molecule has 1 heterocycles. The third kappa shape index (κ3) is 6.99. The summed E-state index contributed by atoms with van der Waals surface area (Å²) in [6.07, 6.45) is 2.88. The largest absolute Gasteiger partial charge is 0.379 e. The molecular formula is C25H34FN3OS. The number of aryl methyl sites for hydroxylation is 2. The fourth-order valence-corrected chi connectivity index (χ4v) is 4.27. The van der Waals surface area contributed by atoms with Gasteiger partial charge in [0.15, 0.2) is 5.11 Å². The molecule has 0 atom stereocenters. The topological polar surface area (TPSA) is 27.7 Å². The molecule has 6 heteroatoms. The second-order valence-electron chi connectivity index (χ2n) is 7.95. The number of anilines is 1. The Hall–Kier alpha value is -2.02. The fraction of sp³-hybridized carbons (Fsp3) is 0.480. The molecule has 1 aliphatic heterocycles. The minimum atomic E-state index is -0.214. The fourth-order valence-electron chi connectivity index (χ4n) is 4.01. The zero-order valence-electron chi connectivity index (χ0n) is 18.7. The number of halogens is 1. The average molecular weight is 444 g/mol. The van der Waals surface area contributed by atoms with Crippen molar-refractivity contribution >= 4 is 23.0 Å². The highest BCUT2D eigenvalue weighted by Gasteiger charge is 2.16. The summed E-state index contributed by atoms with van der Waals surface area (Å²) in [4.78, 5) is 4.60. The van der Waals surface area contributed by atoms with Crippen LogP contribution in [0.2, 0.25) is 0 Å². The molecule has 0 radical (unpaired) electrons. The summed E-state index contributed by atoms with van der Waals surface area (Å²) >= 11 is 5.86. The number of para-hydroxylation sites is 1. The van der Waals surface area contributed by atoms with Gasteiger partial charge in [-0.05, 0) is 60.3 Å². The van der Waals surface area contributed by atoms with E-state index in [1.54, 1.807) is 12.1 Å². The van der Waals surface area contributed by atoms with Crippen LogP contribution in [0.1, 0.15) is 37.0 Å². The molecule has 0 unspecified atom stereocenters. The van der Waals surface area contributed by atoms with Crippen molar-refractivity contribution in [3.8, 4) is 0 Å². The lowest BCUT2D eigenvalue weighted by atomic mass is 10.0. The molecule has 3 rings (SSSR count). The SMILES string of the molecule is CCc1cccc(CC)c1NC(=S)N(CCCN1CCOCC1)Cc1cccc(F)c1. The first-order valence-electron chi connectivity index (χ1n) is 11.3. The molecule has 0 aliphatic carbocycles. The lowest BCUT2D eigenvalue weighted by Crippen LogP contribution is -2.40. The van der Waals surface area contributed by atoms with Crippen molar-refractivity contribution in [2.45, 2.75) is 39.7 Å². The predicted molar refractivity (Wildman–Crippen MR) is 130 cm³/mol. The van der Waals surface area contributed by atoms with E-state index >= 15 is 0 Å². The van der Waals surface area contributed by atoms with E-state index in [2.05, 4.69) is 47.2 Å². The highest BCUT2D eigenvalue weighted by atomic mass is 32.1. The third-order valence-corrected chi connectivity index (χ3v) is 6.15. The molecule has 1 aliphatic rings. The van der Waals surface area contributed by atoms with E-state index in [0.717, 1.165) is 69.9 Å². The maximum atomic E-state index is 13.8. The van der Waals surface area contributed by atoms with E-state index < -0.39 is 0 Å². The van der Waals surface area contributed by atoms with Gasteiger partial charge in [-0.2, -0.15) is 0 Å². The van der Waals surface area contributed by atoms with Crippen LogP contribution in [0, 0.1) is 5.82 Å². The maximum absolute atomic E-state index is 13.8. The smallest absolute Gasteiger partial charge is 0.173 e. The second-order valence-corrected chi connectivity index (χ2v) is 8.33. The number of morpholine rings is 1. The number of hydrogen-bond donors (Lipinski definition) is 1. The Balaban J connectivity index is 1.72. The van der Waals surface area contributed by atoms with Crippen LogP contribution in [-0.2, 0) is 24.1 Å². The molecule has 31 heavy (non-hydrogen) atoms. The van der Waals surface area contributed by atoms with Crippen molar-refractivity contribution in [1.29, 1.82) is 0 Å². The molecule has 4 nitrogen and oxygen atoms in total. The molecule has 0 aromatic heterocycles. The lowest BCUT2D eigenvalue weighted by molar-refractivity contribution is 0.0368. The van der Waals surface area contributed by atoms with E-state index in [4.69, 9.17) is 17.0 Å². The number of hydrogen-bond acceptors (Lipinski definition) is 3. The Labute approximate surface area is 191 Å². The van der Waals surface area contributed by atoms with E-state index in [1.165, 1.54) is 17.2 Å². The molecule has 0 saturated carbocycles. The summed E-state index contributed by atoms with van der Waals surface area (Å²) in [6, 6.07) is 13.2. The number of ether oxygens (including phenoxy) is 1. The molecule has 0 spiro atoms. The third-order valence-electron chi connectivity index (χ3n) is 5.79. The number of nitrogens with zero attached hydrogens (tertiary/aromatic N) is 2. The van der Waals surface area contributed by atoms with Gasteiger partial charge in [-0.25, -0.2) is 4.39 Å². The standard InChI is InChI=1S/C25H34FN3OS/c1-3-21-9-6-10-22(4-2)24(21)27-25(31)29(19-20-8-5-11-23(26)18-20)13-7-12-28-14-16-30-17-15-28/h5-6,8-11,18H,3-4,7,12-17,19H2,1-2H3,(H,27,31). The number of rotatable bonds is 9. The number of benzene rings is 2. The van der Waals surface area contributed by atoms with Crippen molar-refractivity contribution in [2.75, 3.05) is 44.7 Å². The highest BCUT2D eigenvalue weighted by molar-refractivity contribution is 7.80. The van der Waals surface area contributed by atoms with Crippen LogP contribution >= 0.6 is 12.2 Å². The van der Waals surface area contributed by atoms with Gasteiger partial charge in [-0.3, -0.25) is 4.90 Å². The predicted octanol–water partition coefficient (Wildman–Crippen LogP) is 4.87. The van der Waals surface area contributed by atoms with Gasteiger partial charge < -0.3 is 15.0 Å². The lowest BCUT2D eigenvalue weighted by Gasteiger charge is -2.30. The van der Waals surface area contributed by atoms with Crippen LogP contribution < -0.4 is 5.32 Å². The Bertz CT molecular complexity index is 832. The summed E-state index contributed by atoms with van der Waals surface area (Å²) in [6.45, 7) is 10.3. The van der Waals surface area contributed by atoms with Gasteiger partial charge in [-0.15, -0.1) is 0 Å². The van der Waals surface area contributed by atoms with Crippen LogP contribution in [0.25, 0.3) is 0 Å². The summed E-state index contributed by atoms with van der Waals surface area (Å²) in [5.41, 5.74) is 4.58. The second kappa shape index (κ2) is 12.1. The van der Waals surface area contributed by atoms with Gasteiger partial charge in [0.25, 0.3) is 0 Å². The Morgan fingerprint density at radius 3 is 2.42 bits per heavy atom.